The Hall–Kier alpha value is -1.90. The average Bonchev–Trinajstić information content (AvgIpc) is 2.68. The van der Waals surface area contributed by atoms with Crippen LogP contribution in [0.2, 0.25) is 10.0 Å². The molecule has 0 spiro atoms. The first-order valence-electron chi connectivity index (χ1n) is 9.31. The van der Waals surface area contributed by atoms with Crippen LogP contribution in [0, 0.1) is 0 Å². The van der Waals surface area contributed by atoms with Gasteiger partial charge in [-0.1, -0.05) is 47.5 Å². The zero-order valence-electron chi connectivity index (χ0n) is 16.8. The van der Waals surface area contributed by atoms with Gasteiger partial charge in [-0.25, -0.2) is 21.6 Å². The molecular weight excluding hydrogens is 477 g/mol. The largest absolute Gasteiger partial charge is 0.219 e. The van der Waals surface area contributed by atoms with Crippen molar-refractivity contribution >= 4 is 43.1 Å². The molecule has 164 valence electrons. The van der Waals surface area contributed by atoms with E-state index in [-0.39, 0.29) is 9.79 Å². The van der Waals surface area contributed by atoms with Gasteiger partial charge in [0.15, 0.2) is 0 Å². The van der Waals surface area contributed by atoms with Gasteiger partial charge in [0.25, 0.3) is 0 Å². The second-order valence-corrected chi connectivity index (χ2v) is 11.8. The number of nitrogens with one attached hydrogen (secondary N) is 1. The SMILES string of the molecule is C[C@H](NS(C)(=O)=O)c1ccc(S(=O)(=O)c2ccc(Cl)cc2Cc2ccc(Cl)cc2)cc1. The van der Waals surface area contributed by atoms with Gasteiger partial charge in [-0.05, 0) is 72.5 Å². The standard InChI is InChI=1S/C22H21Cl2NO4S2/c1-15(25-30(2,26)27)17-5-10-21(11-6-17)31(28,29)22-12-9-20(24)14-18(22)13-16-3-7-19(23)8-4-16/h3-12,14-15,25H,13H2,1-2H3/t15-/m0/s1. The minimum Gasteiger partial charge on any atom is -0.219 e. The van der Waals surface area contributed by atoms with Crippen LogP contribution in [0.4, 0.5) is 0 Å². The summed E-state index contributed by atoms with van der Waals surface area (Å²) in [7, 11) is -7.20. The van der Waals surface area contributed by atoms with Crippen LogP contribution < -0.4 is 4.72 Å². The Balaban J connectivity index is 1.95. The van der Waals surface area contributed by atoms with Crippen LogP contribution in [-0.4, -0.2) is 23.1 Å². The lowest BCUT2D eigenvalue weighted by Crippen LogP contribution is -2.25. The van der Waals surface area contributed by atoms with Crippen molar-refractivity contribution in [3.05, 3.63) is 93.5 Å². The Morgan fingerprint density at radius 1 is 0.839 bits per heavy atom. The normalized spacial score (nSPS) is 13.2. The van der Waals surface area contributed by atoms with Gasteiger partial charge in [0, 0.05) is 16.1 Å². The molecule has 31 heavy (non-hydrogen) atoms. The molecule has 0 aromatic heterocycles. The highest BCUT2D eigenvalue weighted by Crippen LogP contribution is 2.29. The highest BCUT2D eigenvalue weighted by Gasteiger charge is 2.22. The Morgan fingerprint density at radius 2 is 1.42 bits per heavy atom. The number of benzene rings is 3. The fourth-order valence-corrected chi connectivity index (χ4v) is 5.79. The summed E-state index contributed by atoms with van der Waals surface area (Å²) in [6.07, 6.45) is 1.45. The number of hydrogen-bond donors (Lipinski definition) is 1. The Morgan fingerprint density at radius 3 is 2.00 bits per heavy atom. The molecule has 0 saturated heterocycles. The van der Waals surface area contributed by atoms with Gasteiger partial charge >= 0.3 is 0 Å². The monoisotopic (exact) mass is 497 g/mol. The Kier molecular flexibility index (Phi) is 7.13. The van der Waals surface area contributed by atoms with E-state index in [1.807, 2.05) is 12.1 Å². The van der Waals surface area contributed by atoms with Crippen molar-refractivity contribution in [3.8, 4) is 0 Å². The van der Waals surface area contributed by atoms with E-state index in [0.29, 0.717) is 27.6 Å². The van der Waals surface area contributed by atoms with Crippen LogP contribution >= 0.6 is 23.2 Å². The van der Waals surface area contributed by atoms with Gasteiger partial charge in [0.05, 0.1) is 16.0 Å². The highest BCUT2D eigenvalue weighted by molar-refractivity contribution is 7.91. The zero-order chi connectivity index (χ0) is 22.8. The molecule has 0 fully saturated rings. The van der Waals surface area contributed by atoms with Crippen molar-refractivity contribution in [2.24, 2.45) is 0 Å². The molecule has 5 nitrogen and oxygen atoms in total. The van der Waals surface area contributed by atoms with Crippen LogP contribution in [-0.2, 0) is 26.3 Å². The van der Waals surface area contributed by atoms with E-state index in [1.165, 1.54) is 18.2 Å². The molecule has 0 aliphatic carbocycles. The van der Waals surface area contributed by atoms with Crippen molar-refractivity contribution < 1.29 is 16.8 Å². The van der Waals surface area contributed by atoms with Crippen LogP contribution in [0.25, 0.3) is 0 Å². The molecule has 0 saturated carbocycles. The Labute approximate surface area is 193 Å². The fraction of sp³-hybridized carbons (Fsp3) is 0.182. The predicted octanol–water partition coefficient (Wildman–Crippen LogP) is 5.03. The summed E-state index contributed by atoms with van der Waals surface area (Å²) in [5.41, 5.74) is 2.13. The van der Waals surface area contributed by atoms with Gasteiger partial charge in [0.1, 0.15) is 0 Å². The summed E-state index contributed by atoms with van der Waals surface area (Å²) in [6, 6.07) is 17.6. The molecule has 3 aromatic rings. The number of sulfone groups is 1. The molecule has 1 atom stereocenters. The van der Waals surface area contributed by atoms with Crippen molar-refractivity contribution in [1.82, 2.24) is 4.72 Å². The second kappa shape index (κ2) is 9.30. The van der Waals surface area contributed by atoms with E-state index < -0.39 is 25.9 Å². The lowest BCUT2D eigenvalue weighted by Gasteiger charge is -2.15. The van der Waals surface area contributed by atoms with Crippen LogP contribution in [0.1, 0.15) is 29.7 Å². The predicted molar refractivity (Wildman–Crippen MR) is 124 cm³/mol. The molecule has 0 heterocycles. The fourth-order valence-electron chi connectivity index (χ4n) is 3.22. The van der Waals surface area contributed by atoms with Crippen LogP contribution in [0.3, 0.4) is 0 Å². The lowest BCUT2D eigenvalue weighted by atomic mass is 10.1. The van der Waals surface area contributed by atoms with Crippen molar-refractivity contribution in [2.45, 2.75) is 29.2 Å². The maximum Gasteiger partial charge on any atom is 0.209 e. The van der Waals surface area contributed by atoms with E-state index in [9.17, 15) is 16.8 Å². The molecule has 0 bridgehead atoms. The Bertz CT molecular complexity index is 1290. The molecule has 0 aliphatic heterocycles. The first kappa shape index (κ1) is 23.8. The second-order valence-electron chi connectivity index (χ2n) is 7.24. The zero-order valence-corrected chi connectivity index (χ0v) is 20.0. The van der Waals surface area contributed by atoms with Gasteiger partial charge in [0.2, 0.25) is 19.9 Å². The molecule has 0 aliphatic rings. The summed E-state index contributed by atoms with van der Waals surface area (Å²) >= 11 is 12.1. The number of halogens is 2. The van der Waals surface area contributed by atoms with E-state index >= 15 is 0 Å². The summed E-state index contributed by atoms with van der Waals surface area (Å²) in [5, 5.41) is 1.04. The summed E-state index contributed by atoms with van der Waals surface area (Å²) < 4.78 is 52.0. The minimum absolute atomic E-state index is 0.113. The van der Waals surface area contributed by atoms with Crippen molar-refractivity contribution in [2.75, 3.05) is 6.26 Å². The summed E-state index contributed by atoms with van der Waals surface area (Å²) in [4.78, 5) is 0.282. The van der Waals surface area contributed by atoms with Gasteiger partial charge in [-0.2, -0.15) is 0 Å². The summed E-state index contributed by atoms with van der Waals surface area (Å²) in [6.45, 7) is 1.69. The number of sulfonamides is 1. The van der Waals surface area contributed by atoms with Crippen LogP contribution in [0.5, 0.6) is 0 Å². The first-order chi connectivity index (χ1) is 14.5. The van der Waals surface area contributed by atoms with E-state index in [2.05, 4.69) is 4.72 Å². The third-order valence-electron chi connectivity index (χ3n) is 4.70. The quantitative estimate of drug-likeness (QED) is 0.496. The molecule has 0 unspecified atom stereocenters. The molecule has 0 radical (unpaired) electrons. The minimum atomic E-state index is -3.82. The van der Waals surface area contributed by atoms with Crippen LogP contribution in [0.15, 0.2) is 76.5 Å². The molecule has 1 N–H and O–H groups in total. The van der Waals surface area contributed by atoms with Crippen molar-refractivity contribution in [3.63, 3.8) is 0 Å². The molecule has 3 rings (SSSR count). The number of hydrogen-bond acceptors (Lipinski definition) is 4. The van der Waals surface area contributed by atoms with Gasteiger partial charge in [-0.3, -0.25) is 0 Å². The molecular formula is C22H21Cl2NO4S2. The first-order valence-corrected chi connectivity index (χ1v) is 13.4. The van der Waals surface area contributed by atoms with Gasteiger partial charge < -0.3 is 0 Å². The van der Waals surface area contributed by atoms with E-state index in [1.54, 1.807) is 43.3 Å². The maximum atomic E-state index is 13.3. The lowest BCUT2D eigenvalue weighted by molar-refractivity contribution is 0.572. The van der Waals surface area contributed by atoms with Crippen molar-refractivity contribution in [1.29, 1.82) is 0 Å². The van der Waals surface area contributed by atoms with Gasteiger partial charge in [-0.15, -0.1) is 0 Å². The average molecular weight is 498 g/mol. The molecule has 9 heteroatoms. The van der Waals surface area contributed by atoms with E-state index in [4.69, 9.17) is 23.2 Å². The third kappa shape index (κ3) is 6.08. The maximum absolute atomic E-state index is 13.3. The highest BCUT2D eigenvalue weighted by atomic mass is 35.5. The molecule has 0 amide bonds. The smallest absolute Gasteiger partial charge is 0.209 e. The summed E-state index contributed by atoms with van der Waals surface area (Å²) in [5.74, 6) is 0. The van der Waals surface area contributed by atoms with E-state index in [0.717, 1.165) is 11.8 Å². The topological polar surface area (TPSA) is 80.3 Å². The third-order valence-corrected chi connectivity index (χ3v) is 7.84. The molecule has 3 aromatic carbocycles. The number of rotatable bonds is 7.